The highest BCUT2D eigenvalue weighted by Gasteiger charge is 2.50. The Bertz CT molecular complexity index is 1360. The molecule has 3 aromatic heterocycles. The second-order valence-electron chi connectivity index (χ2n) is 13.8. The molecule has 0 N–H and O–H groups in total. The highest BCUT2D eigenvalue weighted by molar-refractivity contribution is 7.18. The van der Waals surface area contributed by atoms with Gasteiger partial charge in [-0.1, -0.05) is 34.6 Å². The number of anilines is 1. The first-order valence-electron chi connectivity index (χ1n) is 14.5. The summed E-state index contributed by atoms with van der Waals surface area (Å²) >= 11 is 1.11. The van der Waals surface area contributed by atoms with E-state index in [-0.39, 0.29) is 21.4 Å². The molecule has 2 aliphatic heterocycles. The molecule has 0 aliphatic carbocycles. The Morgan fingerprint density at radius 3 is 2.51 bits per heavy atom. The first kappa shape index (κ1) is 30.4. The van der Waals surface area contributed by atoms with Gasteiger partial charge in [0.1, 0.15) is 17.0 Å². The molecule has 12 heteroatoms. The normalized spacial score (nSPS) is 19.0. The van der Waals surface area contributed by atoms with Crippen molar-refractivity contribution in [1.82, 2.24) is 24.6 Å². The molecule has 41 heavy (non-hydrogen) atoms. The monoisotopic (exact) mass is 608 g/mol. The molecule has 0 bridgehead atoms. The number of hydrogen-bond acceptors (Lipinski definition) is 7. The summed E-state index contributed by atoms with van der Waals surface area (Å²) in [5.74, 6) is 1.20. The zero-order valence-electron chi connectivity index (χ0n) is 25.3. The van der Waals surface area contributed by atoms with Gasteiger partial charge >= 0.3 is 6.18 Å². The van der Waals surface area contributed by atoms with Gasteiger partial charge in [0.05, 0.1) is 31.2 Å². The van der Waals surface area contributed by atoms with Gasteiger partial charge in [0.15, 0.2) is 8.32 Å². The van der Waals surface area contributed by atoms with Gasteiger partial charge in [-0.2, -0.15) is 18.3 Å². The predicted octanol–water partition coefficient (Wildman–Crippen LogP) is 6.92. The predicted molar refractivity (Wildman–Crippen MR) is 161 cm³/mol. The van der Waals surface area contributed by atoms with E-state index in [2.05, 4.69) is 78.8 Å². The second kappa shape index (κ2) is 10.9. The molecule has 3 aromatic rings. The number of halogens is 3. The fourth-order valence-corrected chi connectivity index (χ4v) is 8.15. The van der Waals surface area contributed by atoms with Crippen LogP contribution in [0.2, 0.25) is 18.1 Å². The fourth-order valence-electron chi connectivity index (χ4n) is 6.10. The molecule has 0 aromatic carbocycles. The van der Waals surface area contributed by atoms with Crippen LogP contribution in [0.4, 0.5) is 19.0 Å². The average molecular weight is 609 g/mol. The molecule has 5 heterocycles. The third-order valence-corrected chi connectivity index (χ3v) is 14.7. The molecule has 2 saturated heterocycles. The number of fused-ring (bicyclic) bond motifs is 1. The minimum absolute atomic E-state index is 0.169. The van der Waals surface area contributed by atoms with Gasteiger partial charge < -0.3 is 9.33 Å². The van der Waals surface area contributed by atoms with Crippen LogP contribution >= 0.6 is 11.3 Å². The molecule has 2 aliphatic rings. The maximum Gasteiger partial charge on any atom is 0.393 e. The molecule has 0 radical (unpaired) electrons. The third-order valence-electron chi connectivity index (χ3n) is 9.16. The first-order chi connectivity index (χ1) is 19.1. The van der Waals surface area contributed by atoms with Crippen molar-refractivity contribution in [1.29, 1.82) is 0 Å². The number of hydrogen-bond donors (Lipinski definition) is 0. The van der Waals surface area contributed by atoms with E-state index >= 15 is 0 Å². The summed E-state index contributed by atoms with van der Waals surface area (Å²) in [7, 11) is -1.78. The van der Waals surface area contributed by atoms with E-state index < -0.39 is 20.9 Å². The van der Waals surface area contributed by atoms with Gasteiger partial charge in [0, 0.05) is 54.3 Å². The van der Waals surface area contributed by atoms with Crippen LogP contribution in [0, 0.1) is 11.3 Å². The van der Waals surface area contributed by atoms with Crippen LogP contribution in [-0.4, -0.2) is 71.9 Å². The zero-order valence-corrected chi connectivity index (χ0v) is 27.1. The molecular weight excluding hydrogens is 566 g/mol. The lowest BCUT2D eigenvalue weighted by Crippen LogP contribution is -2.59. The molecule has 0 saturated carbocycles. The maximum atomic E-state index is 13.0. The number of thiophene rings is 1. The van der Waals surface area contributed by atoms with Crippen molar-refractivity contribution in [2.24, 2.45) is 11.3 Å². The zero-order chi connectivity index (χ0) is 29.8. The van der Waals surface area contributed by atoms with Gasteiger partial charge in [-0.3, -0.25) is 9.58 Å². The highest BCUT2D eigenvalue weighted by atomic mass is 32.1. The van der Waals surface area contributed by atoms with E-state index in [1.165, 1.54) is 11.9 Å². The van der Waals surface area contributed by atoms with E-state index in [4.69, 9.17) is 4.43 Å². The lowest BCUT2D eigenvalue weighted by Gasteiger charge is -2.52. The van der Waals surface area contributed by atoms with Crippen molar-refractivity contribution in [3.63, 3.8) is 0 Å². The highest BCUT2D eigenvalue weighted by Crippen LogP contribution is 2.47. The molecule has 5 rings (SSSR count). The molecular formula is C29H43F3N6OSSi. The Hall–Kier alpha value is -2.02. The third kappa shape index (κ3) is 6.50. The number of likely N-dealkylation sites (tertiary alicyclic amines) is 1. The van der Waals surface area contributed by atoms with Gasteiger partial charge in [-0.15, -0.1) is 11.3 Å². The van der Waals surface area contributed by atoms with Crippen LogP contribution in [0.15, 0.2) is 24.8 Å². The Balaban J connectivity index is 1.21. The Kier molecular flexibility index (Phi) is 8.10. The van der Waals surface area contributed by atoms with Crippen LogP contribution in [-0.2, 0) is 17.4 Å². The summed E-state index contributed by atoms with van der Waals surface area (Å²) in [5.41, 5.74) is 1.41. The Morgan fingerprint density at radius 1 is 1.12 bits per heavy atom. The number of rotatable bonds is 9. The summed E-state index contributed by atoms with van der Waals surface area (Å²) < 4.78 is 47.3. The standard InChI is InChI=1S/C29H43F3N6OSSi/c1-20(2)24(21-14-35-38(15-21)10-11-39-41(6,7)27(3,4)5)37-17-28(18-37)8-9-36(16-28)25-23-12-22(13-29(30,31)32)40-26(23)34-19-33-25/h12,14-15,19-20,24H,8-11,13,16-18H2,1-7H3. The van der Waals surface area contributed by atoms with Gasteiger partial charge in [-0.05, 0) is 36.5 Å². The Labute approximate surface area is 246 Å². The summed E-state index contributed by atoms with van der Waals surface area (Å²) in [6, 6.07) is 1.92. The number of aromatic nitrogens is 4. The van der Waals surface area contributed by atoms with E-state index in [0.717, 1.165) is 61.7 Å². The molecule has 1 unspecified atom stereocenters. The lowest BCUT2D eigenvalue weighted by atomic mass is 9.76. The SMILES string of the molecule is CC(C)C(c1cnn(CCO[Si](C)(C)C(C)(C)C)c1)N1CC2(CCN(c3ncnc4sc(CC(F)(F)F)cc34)C2)C1. The van der Waals surface area contributed by atoms with Crippen molar-refractivity contribution >= 4 is 35.7 Å². The topological polar surface area (TPSA) is 59.3 Å². The van der Waals surface area contributed by atoms with E-state index in [9.17, 15) is 13.2 Å². The van der Waals surface area contributed by atoms with Gasteiger partial charge in [0.25, 0.3) is 0 Å². The molecule has 1 atom stereocenters. The van der Waals surface area contributed by atoms with E-state index in [1.54, 1.807) is 6.07 Å². The summed E-state index contributed by atoms with van der Waals surface area (Å²) in [6.45, 7) is 21.0. The van der Waals surface area contributed by atoms with E-state index in [0.29, 0.717) is 17.4 Å². The molecule has 2 fully saturated rings. The summed E-state index contributed by atoms with van der Waals surface area (Å²) in [4.78, 5) is 14.5. The minimum Gasteiger partial charge on any atom is -0.415 e. The maximum absolute atomic E-state index is 13.0. The smallest absolute Gasteiger partial charge is 0.393 e. The molecule has 7 nitrogen and oxygen atoms in total. The fraction of sp³-hybridized carbons (Fsp3) is 0.690. The van der Waals surface area contributed by atoms with Crippen LogP contribution in [0.25, 0.3) is 10.2 Å². The second-order valence-corrected chi connectivity index (χ2v) is 19.8. The average Bonchev–Trinajstić information content (AvgIpc) is 3.55. The van der Waals surface area contributed by atoms with Crippen molar-refractivity contribution in [3.8, 4) is 0 Å². The van der Waals surface area contributed by atoms with Crippen molar-refractivity contribution < 1.29 is 17.6 Å². The van der Waals surface area contributed by atoms with E-state index in [1.807, 2.05) is 10.9 Å². The number of alkyl halides is 3. The molecule has 1 spiro atoms. The van der Waals surface area contributed by atoms with Gasteiger partial charge in [0.2, 0.25) is 0 Å². The van der Waals surface area contributed by atoms with Crippen molar-refractivity contribution in [3.05, 3.63) is 35.2 Å². The minimum atomic E-state index is -4.23. The van der Waals surface area contributed by atoms with Gasteiger partial charge in [-0.25, -0.2) is 9.97 Å². The van der Waals surface area contributed by atoms with Crippen LogP contribution in [0.1, 0.15) is 57.5 Å². The Morgan fingerprint density at radius 2 is 1.85 bits per heavy atom. The summed E-state index contributed by atoms with van der Waals surface area (Å²) in [5, 5.41) is 5.59. The first-order valence-corrected chi connectivity index (χ1v) is 18.2. The molecule has 0 amide bonds. The van der Waals surface area contributed by atoms with Crippen molar-refractivity contribution in [2.75, 3.05) is 37.7 Å². The summed E-state index contributed by atoms with van der Waals surface area (Å²) in [6.07, 6.45) is 1.55. The lowest BCUT2D eigenvalue weighted by molar-refractivity contribution is -0.126. The largest absolute Gasteiger partial charge is 0.415 e. The van der Waals surface area contributed by atoms with Crippen LogP contribution < -0.4 is 4.90 Å². The number of nitrogens with zero attached hydrogens (tertiary/aromatic N) is 6. The molecule has 226 valence electrons. The van der Waals surface area contributed by atoms with Crippen LogP contribution in [0.5, 0.6) is 0 Å². The van der Waals surface area contributed by atoms with Crippen LogP contribution in [0.3, 0.4) is 0 Å². The quantitative estimate of drug-likeness (QED) is 0.246. The van der Waals surface area contributed by atoms with Crippen molar-refractivity contribution in [2.45, 2.75) is 84.4 Å².